The molecule has 0 aliphatic carbocycles. The summed E-state index contributed by atoms with van der Waals surface area (Å²) in [5, 5.41) is 12.2. The average Bonchev–Trinajstić information content (AvgIpc) is 3.11. The van der Waals surface area contributed by atoms with Crippen molar-refractivity contribution in [2.75, 3.05) is 0 Å². The molecule has 3 heterocycles. The summed E-state index contributed by atoms with van der Waals surface area (Å²) in [6.07, 6.45) is 3.58. The molecule has 0 unspecified atom stereocenters. The van der Waals surface area contributed by atoms with Crippen molar-refractivity contribution in [2.24, 2.45) is 0 Å². The first-order chi connectivity index (χ1) is 11.6. The molecule has 2 fully saturated rings. The van der Waals surface area contributed by atoms with E-state index in [0.29, 0.717) is 5.15 Å². The molecular weight excluding hydrogens is 326 g/mol. The second-order valence-electron chi connectivity index (χ2n) is 6.59. The zero-order chi connectivity index (χ0) is 16.7. The summed E-state index contributed by atoms with van der Waals surface area (Å²) in [5.41, 5.74) is 2.12. The van der Waals surface area contributed by atoms with E-state index in [-0.39, 0.29) is 22.9 Å². The molecule has 0 amide bonds. The van der Waals surface area contributed by atoms with Crippen molar-refractivity contribution < 1.29 is 4.92 Å². The highest BCUT2D eigenvalue weighted by Crippen LogP contribution is 2.48. The number of benzene rings is 1. The van der Waals surface area contributed by atoms with Gasteiger partial charge in [0.15, 0.2) is 0 Å². The molecule has 2 aliphatic heterocycles. The predicted octanol–water partition coefficient (Wildman–Crippen LogP) is 3.51. The van der Waals surface area contributed by atoms with Gasteiger partial charge in [-0.1, -0.05) is 48.0 Å². The van der Waals surface area contributed by atoms with Crippen LogP contribution < -0.4 is 0 Å². The van der Waals surface area contributed by atoms with Crippen LogP contribution in [-0.2, 0) is 6.54 Å². The largest absolute Gasteiger partial charge is 0.286 e. The first kappa shape index (κ1) is 15.5. The number of halogens is 1. The maximum Gasteiger partial charge on any atom is 0.236 e. The second kappa shape index (κ2) is 6.15. The van der Waals surface area contributed by atoms with Gasteiger partial charge in [-0.15, -0.1) is 0 Å². The molecule has 2 aliphatic rings. The van der Waals surface area contributed by atoms with E-state index in [0.717, 1.165) is 24.9 Å². The van der Waals surface area contributed by atoms with Crippen LogP contribution in [0.4, 0.5) is 0 Å². The minimum absolute atomic E-state index is 0.00844. The third-order valence-electron chi connectivity index (χ3n) is 5.37. The van der Waals surface area contributed by atoms with E-state index in [1.54, 1.807) is 12.3 Å². The fourth-order valence-corrected chi connectivity index (χ4v) is 4.55. The van der Waals surface area contributed by atoms with E-state index in [2.05, 4.69) is 22.0 Å². The number of fused-ring (bicyclic) bond motifs is 2. The van der Waals surface area contributed by atoms with E-state index in [1.807, 2.05) is 24.3 Å². The first-order valence-corrected chi connectivity index (χ1v) is 8.57. The molecule has 2 saturated heterocycles. The Labute approximate surface area is 145 Å². The monoisotopic (exact) mass is 343 g/mol. The Bertz CT molecular complexity index is 738. The second-order valence-corrected chi connectivity index (χ2v) is 6.97. The summed E-state index contributed by atoms with van der Waals surface area (Å²) in [5.74, 6) is -0.118. The van der Waals surface area contributed by atoms with E-state index < -0.39 is 6.04 Å². The lowest BCUT2D eigenvalue weighted by Gasteiger charge is -2.24. The molecule has 6 heteroatoms. The van der Waals surface area contributed by atoms with Gasteiger partial charge in [-0.25, -0.2) is 4.98 Å². The Hall–Kier alpha value is -1.98. The molecule has 4 rings (SSSR count). The minimum Gasteiger partial charge on any atom is -0.286 e. The van der Waals surface area contributed by atoms with E-state index in [9.17, 15) is 10.1 Å². The quantitative estimate of drug-likeness (QED) is 0.484. The molecule has 2 aromatic rings. The molecule has 24 heavy (non-hydrogen) atoms. The van der Waals surface area contributed by atoms with Crippen molar-refractivity contribution >= 4 is 11.6 Å². The van der Waals surface area contributed by atoms with Gasteiger partial charge in [-0.3, -0.25) is 15.0 Å². The molecule has 1 aromatic heterocycles. The third-order valence-corrected chi connectivity index (χ3v) is 5.60. The average molecular weight is 344 g/mol. The molecule has 4 atom stereocenters. The molecule has 2 bridgehead atoms. The van der Waals surface area contributed by atoms with E-state index in [4.69, 9.17) is 11.6 Å². The first-order valence-electron chi connectivity index (χ1n) is 8.20. The number of hydrogen-bond acceptors (Lipinski definition) is 4. The van der Waals surface area contributed by atoms with Crippen LogP contribution in [0, 0.1) is 10.1 Å². The Kier molecular flexibility index (Phi) is 3.98. The van der Waals surface area contributed by atoms with Crippen LogP contribution in [0.25, 0.3) is 0 Å². The van der Waals surface area contributed by atoms with Gasteiger partial charge in [0.05, 0.1) is 12.0 Å². The van der Waals surface area contributed by atoms with Crippen molar-refractivity contribution in [1.29, 1.82) is 0 Å². The predicted molar refractivity (Wildman–Crippen MR) is 91.6 cm³/mol. The fraction of sp³-hybridized carbons (Fsp3) is 0.389. The summed E-state index contributed by atoms with van der Waals surface area (Å²) >= 11 is 5.88. The lowest BCUT2D eigenvalue weighted by molar-refractivity contribution is -0.529. The van der Waals surface area contributed by atoms with Crippen LogP contribution in [0.3, 0.4) is 0 Å². The van der Waals surface area contributed by atoms with E-state index in [1.165, 1.54) is 5.56 Å². The van der Waals surface area contributed by atoms with E-state index >= 15 is 0 Å². The molecular formula is C18H18ClN3O2. The summed E-state index contributed by atoms with van der Waals surface area (Å²) < 4.78 is 0. The van der Waals surface area contributed by atoms with Crippen molar-refractivity contribution in [3.63, 3.8) is 0 Å². The SMILES string of the molecule is O=[N+]([O-])[C@H]1[C@H](c2ccc(Cl)nc2)[C@H]2CC[C@@H]1N2Cc1ccccc1. The summed E-state index contributed by atoms with van der Waals surface area (Å²) in [7, 11) is 0. The number of pyridine rings is 1. The number of rotatable bonds is 4. The number of aromatic nitrogens is 1. The molecule has 0 radical (unpaired) electrons. The molecule has 0 saturated carbocycles. The lowest BCUT2D eigenvalue weighted by atomic mass is 9.81. The van der Waals surface area contributed by atoms with Crippen molar-refractivity contribution in [3.8, 4) is 0 Å². The summed E-state index contributed by atoms with van der Waals surface area (Å²) in [6.45, 7) is 0.762. The van der Waals surface area contributed by atoms with Crippen molar-refractivity contribution in [1.82, 2.24) is 9.88 Å². The molecule has 124 valence electrons. The Morgan fingerprint density at radius 2 is 1.92 bits per heavy atom. The van der Waals surface area contributed by atoms with Crippen LogP contribution in [0.1, 0.15) is 29.9 Å². The highest BCUT2D eigenvalue weighted by molar-refractivity contribution is 6.29. The summed E-state index contributed by atoms with van der Waals surface area (Å²) in [4.78, 5) is 18.1. The Balaban J connectivity index is 1.67. The van der Waals surface area contributed by atoms with Gasteiger partial charge >= 0.3 is 0 Å². The normalized spacial score (nSPS) is 29.0. The molecule has 0 spiro atoms. The van der Waals surface area contributed by atoms with Gasteiger partial charge in [0.1, 0.15) is 5.15 Å². The zero-order valence-corrected chi connectivity index (χ0v) is 13.8. The van der Waals surface area contributed by atoms with Gasteiger partial charge < -0.3 is 0 Å². The van der Waals surface area contributed by atoms with Gasteiger partial charge in [0.25, 0.3) is 0 Å². The van der Waals surface area contributed by atoms with Gasteiger partial charge in [0.2, 0.25) is 6.04 Å². The summed E-state index contributed by atoms with van der Waals surface area (Å²) in [6, 6.07) is 13.4. The van der Waals surface area contributed by atoms with Gasteiger partial charge in [0, 0.05) is 23.7 Å². The van der Waals surface area contributed by atoms with Crippen LogP contribution in [0.2, 0.25) is 5.15 Å². The highest BCUT2D eigenvalue weighted by atomic mass is 35.5. The molecule has 1 aromatic carbocycles. The standard InChI is InChI=1S/C18H18ClN3O2/c19-16-9-6-13(10-20-16)17-14-7-8-15(18(17)22(23)24)21(14)11-12-4-2-1-3-5-12/h1-6,9-10,14-15,17-18H,7-8,11H2/t14-,15+,17-,18-/m1/s1. The van der Waals surface area contributed by atoms with Crippen LogP contribution >= 0.6 is 11.6 Å². The minimum atomic E-state index is -0.574. The van der Waals surface area contributed by atoms with Crippen LogP contribution in [-0.4, -0.2) is 32.9 Å². The topological polar surface area (TPSA) is 59.3 Å². The maximum atomic E-state index is 11.8. The van der Waals surface area contributed by atoms with Crippen LogP contribution in [0.15, 0.2) is 48.7 Å². The highest BCUT2D eigenvalue weighted by Gasteiger charge is 2.59. The lowest BCUT2D eigenvalue weighted by Crippen LogP contribution is -2.38. The number of nitro groups is 1. The molecule has 0 N–H and O–H groups in total. The Morgan fingerprint density at radius 1 is 1.17 bits per heavy atom. The number of hydrogen-bond donors (Lipinski definition) is 0. The van der Waals surface area contributed by atoms with Crippen molar-refractivity contribution in [2.45, 2.75) is 43.4 Å². The smallest absolute Gasteiger partial charge is 0.236 e. The van der Waals surface area contributed by atoms with Gasteiger partial charge in [-0.05, 0) is 30.0 Å². The van der Waals surface area contributed by atoms with Gasteiger partial charge in [-0.2, -0.15) is 0 Å². The Morgan fingerprint density at radius 3 is 2.58 bits per heavy atom. The van der Waals surface area contributed by atoms with Crippen molar-refractivity contribution in [3.05, 3.63) is 75.1 Å². The maximum absolute atomic E-state index is 11.8. The molecule has 5 nitrogen and oxygen atoms in total. The zero-order valence-electron chi connectivity index (χ0n) is 13.1. The fourth-order valence-electron chi connectivity index (χ4n) is 4.44. The van der Waals surface area contributed by atoms with Crippen LogP contribution in [0.5, 0.6) is 0 Å². The number of nitrogens with zero attached hydrogens (tertiary/aromatic N) is 3. The third kappa shape index (κ3) is 2.58.